The molecule has 0 bridgehead atoms. The Balaban J connectivity index is 1.57. The van der Waals surface area contributed by atoms with Crippen LogP contribution in [0, 0.1) is 0 Å². The van der Waals surface area contributed by atoms with Crippen LogP contribution in [0.5, 0.6) is 0 Å². The molecule has 0 radical (unpaired) electrons. The maximum absolute atomic E-state index is 13.8. The van der Waals surface area contributed by atoms with Crippen LogP contribution in [0.4, 0.5) is 4.79 Å². The van der Waals surface area contributed by atoms with Crippen molar-refractivity contribution in [2.75, 3.05) is 32.7 Å². The Kier molecular flexibility index (Phi) is 13.1. The molecule has 2 aromatic rings. The predicted octanol–water partition coefficient (Wildman–Crippen LogP) is 4.75. The van der Waals surface area contributed by atoms with Gasteiger partial charge in [-0.1, -0.05) is 69.5 Å². The number of likely N-dealkylation sites (tertiary alicyclic amines) is 1. The summed E-state index contributed by atoms with van der Waals surface area (Å²) < 4.78 is 6.19. The Morgan fingerprint density at radius 2 is 1.66 bits per heavy atom. The molecule has 0 aromatic heterocycles. The minimum atomic E-state index is -0.611. The van der Waals surface area contributed by atoms with Crippen LogP contribution in [0.15, 0.2) is 54.6 Å². The molecule has 2 aromatic carbocycles. The zero-order valence-electron chi connectivity index (χ0n) is 26.5. The van der Waals surface area contributed by atoms with Crippen LogP contribution in [0.1, 0.15) is 91.5 Å². The van der Waals surface area contributed by atoms with Gasteiger partial charge in [0.05, 0.1) is 6.04 Å². The fraction of sp³-hybridized carbons (Fsp3) is 0.571. The lowest BCUT2D eigenvalue weighted by molar-refractivity contribution is 0.0442. The number of hydrogen-bond acceptors (Lipinski definition) is 6. The van der Waals surface area contributed by atoms with E-state index in [0.29, 0.717) is 56.3 Å². The second kappa shape index (κ2) is 17.2. The van der Waals surface area contributed by atoms with Gasteiger partial charge in [0.1, 0.15) is 6.10 Å². The van der Waals surface area contributed by atoms with Crippen molar-refractivity contribution in [3.63, 3.8) is 0 Å². The van der Waals surface area contributed by atoms with Crippen LogP contribution >= 0.6 is 0 Å². The van der Waals surface area contributed by atoms with E-state index in [0.717, 1.165) is 37.7 Å². The van der Waals surface area contributed by atoms with Crippen molar-refractivity contribution < 1.29 is 19.1 Å². The van der Waals surface area contributed by atoms with Gasteiger partial charge in [-0.15, -0.1) is 0 Å². The summed E-state index contributed by atoms with van der Waals surface area (Å²) in [6, 6.07) is 16.6. The first-order valence-electron chi connectivity index (χ1n) is 16.6. The molecule has 3 atom stereocenters. The number of nitrogens with two attached hydrogens (primary N) is 1. The fourth-order valence-corrected chi connectivity index (χ4v) is 6.24. The molecule has 0 spiro atoms. The van der Waals surface area contributed by atoms with E-state index in [9.17, 15) is 14.4 Å². The maximum atomic E-state index is 13.8. The molecule has 0 unspecified atom stereocenters. The predicted molar refractivity (Wildman–Crippen MR) is 174 cm³/mol. The molecule has 9 nitrogen and oxygen atoms in total. The average molecular weight is 606 g/mol. The van der Waals surface area contributed by atoms with Crippen LogP contribution in [-0.2, 0) is 11.2 Å². The molecule has 1 aliphatic heterocycles. The third-order valence-corrected chi connectivity index (χ3v) is 8.66. The number of rotatable bonds is 14. The van der Waals surface area contributed by atoms with Gasteiger partial charge in [0.15, 0.2) is 0 Å². The lowest BCUT2D eigenvalue weighted by Crippen LogP contribution is -2.53. The number of carbonyl (C=O) groups excluding carboxylic acids is 3. The number of hydrogen-bond donors (Lipinski definition) is 3. The normalized spacial score (nSPS) is 18.4. The number of nitrogens with one attached hydrogen (secondary N) is 2. The SMILES string of the molecule is CCCN(CCC)C(=O)c1cccc(C(=O)N[C@@H](Cc2ccccc2)[C@@H](CNC2CCCCC2)OC(=O)N2CC[C@@H](N)C2)c1. The minimum Gasteiger partial charge on any atom is -0.443 e. The molecule has 3 amide bonds. The Morgan fingerprint density at radius 1 is 0.955 bits per heavy atom. The second-order valence-electron chi connectivity index (χ2n) is 12.3. The molecule has 1 saturated heterocycles. The fourth-order valence-electron chi connectivity index (χ4n) is 6.24. The zero-order chi connectivity index (χ0) is 31.3. The van der Waals surface area contributed by atoms with Gasteiger partial charge in [-0.3, -0.25) is 9.59 Å². The highest BCUT2D eigenvalue weighted by atomic mass is 16.6. The molecule has 4 rings (SSSR count). The average Bonchev–Trinajstić information content (AvgIpc) is 3.49. The van der Waals surface area contributed by atoms with E-state index in [2.05, 4.69) is 24.5 Å². The molecule has 2 aliphatic rings. The van der Waals surface area contributed by atoms with Crippen LogP contribution in [0.2, 0.25) is 0 Å². The lowest BCUT2D eigenvalue weighted by atomic mass is 9.94. The van der Waals surface area contributed by atoms with E-state index < -0.39 is 18.2 Å². The van der Waals surface area contributed by atoms with Gasteiger partial charge < -0.3 is 30.9 Å². The van der Waals surface area contributed by atoms with Crippen molar-refractivity contribution in [2.45, 2.75) is 95.9 Å². The third kappa shape index (κ3) is 9.79. The number of benzene rings is 2. The Labute approximate surface area is 262 Å². The summed E-state index contributed by atoms with van der Waals surface area (Å²) in [5.74, 6) is -0.378. The van der Waals surface area contributed by atoms with Gasteiger partial charge in [0.25, 0.3) is 11.8 Å². The molecule has 4 N–H and O–H groups in total. The molecule has 9 heteroatoms. The highest BCUT2D eigenvalue weighted by Crippen LogP contribution is 2.19. The molecule has 240 valence electrons. The Morgan fingerprint density at radius 3 is 2.32 bits per heavy atom. The van der Waals surface area contributed by atoms with Gasteiger partial charge in [0, 0.05) is 55.9 Å². The van der Waals surface area contributed by atoms with Crippen LogP contribution in [0.25, 0.3) is 0 Å². The van der Waals surface area contributed by atoms with E-state index in [1.54, 1.807) is 29.2 Å². The van der Waals surface area contributed by atoms with Gasteiger partial charge in [-0.2, -0.15) is 0 Å². The van der Waals surface area contributed by atoms with Crippen molar-refractivity contribution in [1.29, 1.82) is 0 Å². The summed E-state index contributed by atoms with van der Waals surface area (Å²) in [7, 11) is 0. The Bertz CT molecular complexity index is 1200. The second-order valence-corrected chi connectivity index (χ2v) is 12.3. The highest BCUT2D eigenvalue weighted by molar-refractivity contribution is 5.99. The van der Waals surface area contributed by atoms with E-state index in [1.807, 2.05) is 35.2 Å². The number of carbonyl (C=O) groups is 3. The molecular weight excluding hydrogens is 554 g/mol. The van der Waals surface area contributed by atoms with Gasteiger partial charge in [-0.25, -0.2) is 4.79 Å². The molecule has 1 heterocycles. The molecular formula is C35H51N5O4. The van der Waals surface area contributed by atoms with Crippen molar-refractivity contribution >= 4 is 17.9 Å². The van der Waals surface area contributed by atoms with Crippen LogP contribution in [0.3, 0.4) is 0 Å². The first-order chi connectivity index (χ1) is 21.4. The standard InChI is InChI=1S/C35H51N5O4/c1-3-19-39(20-4-2)34(42)28-15-11-14-27(23-28)33(41)38-31(22-26-12-7-5-8-13-26)32(24-37-30-16-9-6-10-17-30)44-35(43)40-21-18-29(36)25-40/h5,7-8,11-15,23,29-32,37H,3-4,6,9-10,16-22,24-25,36H2,1-2H3,(H,38,41)/t29-,31+,32-/m1/s1. The van der Waals surface area contributed by atoms with E-state index in [4.69, 9.17) is 10.5 Å². The Hall–Kier alpha value is -3.43. The largest absolute Gasteiger partial charge is 0.443 e. The maximum Gasteiger partial charge on any atom is 0.410 e. The molecule has 2 fully saturated rings. The number of ether oxygens (including phenoxy) is 1. The summed E-state index contributed by atoms with van der Waals surface area (Å²) in [6.45, 7) is 6.90. The topological polar surface area (TPSA) is 117 Å². The monoisotopic (exact) mass is 605 g/mol. The summed E-state index contributed by atoms with van der Waals surface area (Å²) >= 11 is 0. The molecule has 44 heavy (non-hydrogen) atoms. The summed E-state index contributed by atoms with van der Waals surface area (Å²) in [6.07, 6.45) is 7.73. The highest BCUT2D eigenvalue weighted by Gasteiger charge is 2.32. The van der Waals surface area contributed by atoms with Crippen molar-refractivity contribution in [3.05, 3.63) is 71.3 Å². The van der Waals surface area contributed by atoms with Crippen molar-refractivity contribution in [2.24, 2.45) is 5.73 Å². The molecule has 1 aliphatic carbocycles. The number of nitrogens with zero attached hydrogens (tertiary/aromatic N) is 2. The third-order valence-electron chi connectivity index (χ3n) is 8.66. The number of amides is 3. The van der Waals surface area contributed by atoms with Crippen molar-refractivity contribution in [1.82, 2.24) is 20.4 Å². The first kappa shape index (κ1) is 33.5. The summed E-state index contributed by atoms with van der Waals surface area (Å²) in [5, 5.41) is 6.84. The van der Waals surface area contributed by atoms with Crippen LogP contribution < -0.4 is 16.4 Å². The zero-order valence-corrected chi connectivity index (χ0v) is 26.5. The lowest BCUT2D eigenvalue weighted by Gasteiger charge is -2.32. The molecule has 1 saturated carbocycles. The quantitative estimate of drug-likeness (QED) is 0.286. The minimum absolute atomic E-state index is 0.0539. The van der Waals surface area contributed by atoms with Gasteiger partial charge in [0.2, 0.25) is 0 Å². The van der Waals surface area contributed by atoms with Gasteiger partial charge in [-0.05, 0) is 62.3 Å². The smallest absolute Gasteiger partial charge is 0.410 e. The van der Waals surface area contributed by atoms with Crippen molar-refractivity contribution in [3.8, 4) is 0 Å². The summed E-state index contributed by atoms with van der Waals surface area (Å²) in [4.78, 5) is 43.9. The van der Waals surface area contributed by atoms with E-state index >= 15 is 0 Å². The van der Waals surface area contributed by atoms with E-state index in [-0.39, 0.29) is 17.9 Å². The van der Waals surface area contributed by atoms with Gasteiger partial charge >= 0.3 is 6.09 Å². The van der Waals surface area contributed by atoms with E-state index in [1.165, 1.54) is 19.3 Å². The first-order valence-corrected chi connectivity index (χ1v) is 16.6. The summed E-state index contributed by atoms with van der Waals surface area (Å²) in [5.41, 5.74) is 8.00. The van der Waals surface area contributed by atoms with Crippen LogP contribution in [-0.4, -0.2) is 84.7 Å².